The van der Waals surface area contributed by atoms with Gasteiger partial charge < -0.3 is 12.4 Å². The molecule has 0 saturated heterocycles. The zero-order chi connectivity index (χ0) is 11.0. The van der Waals surface area contributed by atoms with Crippen molar-refractivity contribution in [2.24, 2.45) is 0 Å². The molecule has 1 aliphatic heterocycles. The molecule has 0 aromatic heterocycles. The fourth-order valence-electron chi connectivity index (χ4n) is 2.67. The van der Waals surface area contributed by atoms with Crippen LogP contribution >= 0.6 is 7.49 Å². The summed E-state index contributed by atoms with van der Waals surface area (Å²) in [6, 6.07) is 10.2. The number of allylic oxidation sites excluding steroid dienone is 4. The first-order valence-electron chi connectivity index (χ1n) is 5.78. The topological polar surface area (TPSA) is 20.2 Å². The van der Waals surface area contributed by atoms with Crippen LogP contribution in [0.25, 0.3) is 0 Å². The van der Waals surface area contributed by atoms with Crippen LogP contribution in [0.3, 0.4) is 0 Å². The lowest BCUT2D eigenvalue weighted by atomic mass is 10.0. The molecule has 3 heteroatoms. The maximum absolute atomic E-state index is 10.8. The lowest BCUT2D eigenvalue weighted by Crippen LogP contribution is -3.00. The number of rotatable bonds is 1. The van der Waals surface area contributed by atoms with Crippen LogP contribution in [0.5, 0.6) is 0 Å². The molecular weight excluding hydrogens is 251 g/mol. The number of hydrogen-bond donors (Lipinski definition) is 1. The SMILES string of the molecule is O[P+]1(c2ccccc2)CC2=C(CC=CC2)C1.[Cl-]. The highest BCUT2D eigenvalue weighted by Gasteiger charge is 2.46. The monoisotopic (exact) mass is 266 g/mol. The van der Waals surface area contributed by atoms with Crippen LogP contribution in [0.15, 0.2) is 53.6 Å². The average molecular weight is 267 g/mol. The second-order valence-corrected chi connectivity index (χ2v) is 7.66. The fraction of sp³-hybridized carbons (Fsp3) is 0.286. The summed E-state index contributed by atoms with van der Waals surface area (Å²) < 4.78 is 0. The van der Waals surface area contributed by atoms with Gasteiger partial charge in [-0.2, -0.15) is 0 Å². The molecule has 2 aliphatic rings. The molecule has 0 saturated carbocycles. The summed E-state index contributed by atoms with van der Waals surface area (Å²) in [7, 11) is -1.89. The molecule has 1 aliphatic carbocycles. The van der Waals surface area contributed by atoms with Gasteiger partial charge in [-0.1, -0.05) is 30.4 Å². The second kappa shape index (κ2) is 4.94. The van der Waals surface area contributed by atoms with Crippen molar-refractivity contribution in [3.05, 3.63) is 53.6 Å². The van der Waals surface area contributed by atoms with Crippen molar-refractivity contribution in [2.75, 3.05) is 12.3 Å². The van der Waals surface area contributed by atoms with Gasteiger partial charge in [0.2, 0.25) is 0 Å². The number of benzene rings is 1. The van der Waals surface area contributed by atoms with Crippen molar-refractivity contribution >= 4 is 12.8 Å². The van der Waals surface area contributed by atoms with E-state index in [0.29, 0.717) is 0 Å². The summed E-state index contributed by atoms with van der Waals surface area (Å²) in [5.41, 5.74) is 3.00. The highest BCUT2D eigenvalue weighted by molar-refractivity contribution is 7.78. The summed E-state index contributed by atoms with van der Waals surface area (Å²) in [6.45, 7) is 0. The van der Waals surface area contributed by atoms with Crippen molar-refractivity contribution in [3.8, 4) is 0 Å². The lowest BCUT2D eigenvalue weighted by Gasteiger charge is -2.14. The van der Waals surface area contributed by atoms with E-state index < -0.39 is 7.49 Å². The van der Waals surface area contributed by atoms with Gasteiger partial charge in [0, 0.05) is 0 Å². The molecule has 1 aromatic carbocycles. The molecule has 90 valence electrons. The van der Waals surface area contributed by atoms with Gasteiger partial charge in [-0.15, -0.1) is 0 Å². The van der Waals surface area contributed by atoms with Gasteiger partial charge in [-0.05, 0) is 36.1 Å². The van der Waals surface area contributed by atoms with Crippen molar-refractivity contribution in [1.82, 2.24) is 0 Å². The van der Waals surface area contributed by atoms with Gasteiger partial charge in [0.25, 0.3) is 0 Å². The molecule has 17 heavy (non-hydrogen) atoms. The molecule has 0 unspecified atom stereocenters. The van der Waals surface area contributed by atoms with E-state index in [1.54, 1.807) is 0 Å². The summed E-state index contributed by atoms with van der Waals surface area (Å²) in [6.07, 6.45) is 8.45. The molecule has 1 N–H and O–H groups in total. The molecule has 0 amide bonds. The van der Waals surface area contributed by atoms with E-state index in [4.69, 9.17) is 0 Å². The van der Waals surface area contributed by atoms with E-state index in [9.17, 15) is 4.89 Å². The Labute approximate surface area is 109 Å². The quantitative estimate of drug-likeness (QED) is 0.556. The van der Waals surface area contributed by atoms with Crippen molar-refractivity contribution in [3.63, 3.8) is 0 Å². The molecule has 0 atom stereocenters. The Morgan fingerprint density at radius 2 is 1.41 bits per heavy atom. The molecule has 3 rings (SSSR count). The molecular formula is C14H16ClOP. The van der Waals surface area contributed by atoms with Gasteiger partial charge in [0.05, 0.1) is 0 Å². The van der Waals surface area contributed by atoms with Crippen LogP contribution < -0.4 is 17.7 Å². The van der Waals surface area contributed by atoms with E-state index in [2.05, 4.69) is 24.3 Å². The van der Waals surface area contributed by atoms with Gasteiger partial charge >= 0.3 is 0 Å². The lowest BCUT2D eigenvalue weighted by molar-refractivity contribution is -0.00000438. The van der Waals surface area contributed by atoms with Crippen molar-refractivity contribution in [2.45, 2.75) is 12.8 Å². The zero-order valence-electron chi connectivity index (χ0n) is 9.64. The molecule has 1 nitrogen and oxygen atoms in total. The summed E-state index contributed by atoms with van der Waals surface area (Å²) in [5, 5.41) is 1.17. The van der Waals surface area contributed by atoms with E-state index in [0.717, 1.165) is 25.2 Å². The van der Waals surface area contributed by atoms with Crippen LogP contribution in [-0.2, 0) is 0 Å². The van der Waals surface area contributed by atoms with E-state index in [1.807, 2.05) is 18.2 Å². The zero-order valence-corrected chi connectivity index (χ0v) is 11.3. The van der Waals surface area contributed by atoms with Crippen LogP contribution in [-0.4, -0.2) is 17.2 Å². The summed E-state index contributed by atoms with van der Waals surface area (Å²) >= 11 is 0. The molecule has 0 fully saturated rings. The first kappa shape index (κ1) is 12.8. The van der Waals surface area contributed by atoms with E-state index >= 15 is 0 Å². The predicted molar refractivity (Wildman–Crippen MR) is 70.3 cm³/mol. The average Bonchev–Trinajstić information content (AvgIpc) is 2.68. The Morgan fingerprint density at radius 3 is 1.94 bits per heavy atom. The van der Waals surface area contributed by atoms with Gasteiger partial charge in [0.1, 0.15) is 17.6 Å². The van der Waals surface area contributed by atoms with Crippen LogP contribution in [0, 0.1) is 0 Å². The Bertz CT molecular complexity index is 444. The molecule has 1 aromatic rings. The highest BCUT2D eigenvalue weighted by Crippen LogP contribution is 2.61. The Morgan fingerprint density at radius 1 is 0.882 bits per heavy atom. The van der Waals surface area contributed by atoms with Crippen molar-refractivity contribution < 1.29 is 17.3 Å². The molecule has 0 radical (unpaired) electrons. The second-order valence-electron chi connectivity index (χ2n) is 4.66. The smallest absolute Gasteiger partial charge is 0.182 e. The first-order chi connectivity index (χ1) is 7.78. The molecule has 0 spiro atoms. The predicted octanol–water partition coefficient (Wildman–Crippen LogP) is -0.0990. The fourth-order valence-corrected chi connectivity index (χ4v) is 5.84. The summed E-state index contributed by atoms with van der Waals surface area (Å²) in [4.78, 5) is 10.8. The van der Waals surface area contributed by atoms with E-state index in [-0.39, 0.29) is 12.4 Å². The number of hydrogen-bond acceptors (Lipinski definition) is 1. The largest absolute Gasteiger partial charge is 1.00 e. The van der Waals surface area contributed by atoms with Gasteiger partial charge in [-0.25, -0.2) is 4.89 Å². The standard InChI is InChI=1S/C14H16OP.ClH/c15-16(14-8-2-1-3-9-14)10-12-6-4-5-7-13(12)11-16;/h1-5,8-9,15H,6-7,10-11H2;1H/q+1;/p-1. The van der Waals surface area contributed by atoms with Gasteiger partial charge in [-0.3, -0.25) is 0 Å². The maximum Gasteiger partial charge on any atom is 0.182 e. The van der Waals surface area contributed by atoms with Crippen LogP contribution in [0.4, 0.5) is 0 Å². The summed E-state index contributed by atoms with van der Waals surface area (Å²) in [5.74, 6) is 0. The minimum atomic E-state index is -1.89. The van der Waals surface area contributed by atoms with Gasteiger partial charge in [0.15, 0.2) is 7.49 Å². The third-order valence-electron chi connectivity index (χ3n) is 3.54. The minimum Gasteiger partial charge on any atom is -1.00 e. The first-order valence-corrected chi connectivity index (χ1v) is 7.89. The van der Waals surface area contributed by atoms with Crippen molar-refractivity contribution in [1.29, 1.82) is 0 Å². The van der Waals surface area contributed by atoms with Crippen LogP contribution in [0.2, 0.25) is 0 Å². The number of halogens is 1. The van der Waals surface area contributed by atoms with Crippen LogP contribution in [0.1, 0.15) is 12.8 Å². The molecule has 1 heterocycles. The molecule has 0 bridgehead atoms. The Hall–Kier alpha value is -0.620. The Balaban J connectivity index is 0.00000108. The highest BCUT2D eigenvalue weighted by atomic mass is 35.5. The third-order valence-corrected chi connectivity index (χ3v) is 6.61. The van der Waals surface area contributed by atoms with E-state index in [1.165, 1.54) is 16.5 Å². The maximum atomic E-state index is 10.8. The normalized spacial score (nSPS) is 21.0. The third kappa shape index (κ3) is 2.33. The Kier molecular flexibility index (Phi) is 3.73. The minimum absolute atomic E-state index is 0.